The van der Waals surface area contributed by atoms with Crippen LogP contribution < -0.4 is 0 Å². The van der Waals surface area contributed by atoms with E-state index in [1.54, 1.807) is 0 Å². The van der Waals surface area contributed by atoms with Gasteiger partial charge in [0.1, 0.15) is 0 Å². The van der Waals surface area contributed by atoms with Crippen molar-refractivity contribution in [3.05, 3.63) is 48.0 Å². The minimum absolute atomic E-state index is 0.683. The topological polar surface area (TPSA) is 40.5 Å². The first kappa shape index (κ1) is 14.8. The third-order valence-corrected chi connectivity index (χ3v) is 4.30. The van der Waals surface area contributed by atoms with Crippen LogP contribution in [0, 0.1) is 0 Å². The van der Waals surface area contributed by atoms with Crippen molar-refractivity contribution in [3.63, 3.8) is 0 Å². The fourth-order valence-corrected chi connectivity index (χ4v) is 2.89. The lowest BCUT2D eigenvalue weighted by Gasteiger charge is -2.39. The van der Waals surface area contributed by atoms with Gasteiger partial charge in [-0.25, -0.2) is 0 Å². The largest absolute Gasteiger partial charge is 0.481 e. The van der Waals surface area contributed by atoms with Crippen LogP contribution in [0.1, 0.15) is 31.7 Å². The molecular formula is C17H23NO2. The number of piperidine rings is 1. The molecule has 0 aromatic heterocycles. The average Bonchev–Trinajstić information content (AvgIpc) is 2.46. The van der Waals surface area contributed by atoms with Crippen molar-refractivity contribution < 1.29 is 9.90 Å². The highest BCUT2D eigenvalue weighted by atomic mass is 16.4. The van der Waals surface area contributed by atoms with Crippen LogP contribution >= 0.6 is 0 Å². The van der Waals surface area contributed by atoms with Gasteiger partial charge in [-0.3, -0.25) is 4.79 Å². The number of likely N-dealkylation sites (tertiary alicyclic amines) is 1. The molecule has 1 aromatic rings. The second-order valence-electron chi connectivity index (χ2n) is 5.80. The van der Waals surface area contributed by atoms with Crippen LogP contribution in [0.4, 0.5) is 0 Å². The SMILES string of the molecule is C=C(C)CCN1CCC(C(=O)O)(c2ccccc2)CC1. The lowest BCUT2D eigenvalue weighted by Crippen LogP contribution is -2.47. The number of hydrogen-bond acceptors (Lipinski definition) is 2. The fourth-order valence-electron chi connectivity index (χ4n) is 2.89. The van der Waals surface area contributed by atoms with E-state index in [0.29, 0.717) is 12.8 Å². The van der Waals surface area contributed by atoms with Gasteiger partial charge in [-0.2, -0.15) is 0 Å². The number of carboxylic acids is 1. The summed E-state index contributed by atoms with van der Waals surface area (Å²) in [6.45, 7) is 8.63. The van der Waals surface area contributed by atoms with Crippen LogP contribution in [-0.4, -0.2) is 35.6 Å². The Labute approximate surface area is 120 Å². The van der Waals surface area contributed by atoms with Crippen LogP contribution in [0.5, 0.6) is 0 Å². The standard InChI is InChI=1S/C17H23NO2/c1-14(2)8-11-18-12-9-17(10-13-18,16(19)20)15-6-4-3-5-7-15/h3-7H,1,8-13H2,2H3,(H,19,20). The predicted molar refractivity (Wildman–Crippen MR) is 80.9 cm³/mol. The molecule has 3 nitrogen and oxygen atoms in total. The summed E-state index contributed by atoms with van der Waals surface area (Å²) in [6, 6.07) is 9.66. The molecule has 0 radical (unpaired) electrons. The highest BCUT2D eigenvalue weighted by Crippen LogP contribution is 2.35. The summed E-state index contributed by atoms with van der Waals surface area (Å²) in [5.41, 5.74) is 1.41. The maximum Gasteiger partial charge on any atom is 0.314 e. The molecule has 0 spiro atoms. The number of carbonyl (C=O) groups is 1. The van der Waals surface area contributed by atoms with Crippen LogP contribution in [0.3, 0.4) is 0 Å². The third-order valence-electron chi connectivity index (χ3n) is 4.30. The molecule has 1 aromatic carbocycles. The Hall–Kier alpha value is -1.61. The summed E-state index contributed by atoms with van der Waals surface area (Å²) in [5.74, 6) is -0.691. The number of benzene rings is 1. The summed E-state index contributed by atoms with van der Waals surface area (Å²) >= 11 is 0. The number of carboxylic acid groups (broad SMARTS) is 1. The Morgan fingerprint density at radius 2 is 1.90 bits per heavy atom. The summed E-state index contributed by atoms with van der Waals surface area (Å²) in [4.78, 5) is 14.2. The van der Waals surface area contributed by atoms with Crippen molar-refractivity contribution >= 4 is 5.97 Å². The van der Waals surface area contributed by atoms with E-state index < -0.39 is 11.4 Å². The average molecular weight is 273 g/mol. The zero-order valence-electron chi connectivity index (χ0n) is 12.1. The molecule has 0 aliphatic carbocycles. The fraction of sp³-hybridized carbons (Fsp3) is 0.471. The maximum absolute atomic E-state index is 11.8. The van der Waals surface area contributed by atoms with Gasteiger partial charge in [0.05, 0.1) is 5.41 Å². The Kier molecular flexibility index (Phi) is 4.61. The van der Waals surface area contributed by atoms with Gasteiger partial charge in [0.15, 0.2) is 0 Å². The minimum Gasteiger partial charge on any atom is -0.481 e. The first-order valence-corrected chi connectivity index (χ1v) is 7.20. The molecule has 0 bridgehead atoms. The second kappa shape index (κ2) is 6.23. The first-order chi connectivity index (χ1) is 9.54. The van der Waals surface area contributed by atoms with Gasteiger partial charge >= 0.3 is 5.97 Å². The molecule has 0 amide bonds. The zero-order chi connectivity index (χ0) is 14.6. The van der Waals surface area contributed by atoms with Gasteiger partial charge in [-0.1, -0.05) is 35.9 Å². The predicted octanol–water partition coefficient (Wildman–Crippen LogP) is 3.07. The number of hydrogen-bond donors (Lipinski definition) is 1. The second-order valence-corrected chi connectivity index (χ2v) is 5.80. The minimum atomic E-state index is -0.707. The third kappa shape index (κ3) is 3.10. The molecule has 3 heteroatoms. The molecule has 0 atom stereocenters. The molecular weight excluding hydrogens is 250 g/mol. The molecule has 1 saturated heterocycles. The Morgan fingerprint density at radius 3 is 2.40 bits per heavy atom. The van der Waals surface area contributed by atoms with Crippen molar-refractivity contribution in [2.24, 2.45) is 0 Å². The van der Waals surface area contributed by atoms with Crippen LogP contribution in [0.15, 0.2) is 42.5 Å². The van der Waals surface area contributed by atoms with E-state index in [1.807, 2.05) is 37.3 Å². The number of rotatable bonds is 5. The smallest absolute Gasteiger partial charge is 0.314 e. The Balaban J connectivity index is 2.07. The van der Waals surface area contributed by atoms with E-state index >= 15 is 0 Å². The van der Waals surface area contributed by atoms with Crippen molar-refractivity contribution in [1.29, 1.82) is 0 Å². The quantitative estimate of drug-likeness (QED) is 0.838. The van der Waals surface area contributed by atoms with Crippen molar-refractivity contribution in [3.8, 4) is 0 Å². The molecule has 0 unspecified atom stereocenters. The monoisotopic (exact) mass is 273 g/mol. The molecule has 0 saturated carbocycles. The van der Waals surface area contributed by atoms with Gasteiger partial charge in [-0.05, 0) is 44.8 Å². The van der Waals surface area contributed by atoms with Crippen LogP contribution in [0.25, 0.3) is 0 Å². The van der Waals surface area contributed by atoms with Gasteiger partial charge < -0.3 is 10.0 Å². The van der Waals surface area contributed by atoms with E-state index in [-0.39, 0.29) is 0 Å². The lowest BCUT2D eigenvalue weighted by atomic mass is 9.73. The Morgan fingerprint density at radius 1 is 1.30 bits per heavy atom. The van der Waals surface area contributed by atoms with Crippen molar-refractivity contribution in [2.75, 3.05) is 19.6 Å². The van der Waals surface area contributed by atoms with E-state index in [0.717, 1.165) is 31.6 Å². The van der Waals surface area contributed by atoms with E-state index in [4.69, 9.17) is 0 Å². The molecule has 1 heterocycles. The molecule has 1 aliphatic heterocycles. The summed E-state index contributed by atoms with van der Waals surface area (Å²) in [7, 11) is 0. The molecule has 1 N–H and O–H groups in total. The highest BCUT2D eigenvalue weighted by Gasteiger charge is 2.42. The zero-order valence-corrected chi connectivity index (χ0v) is 12.1. The van der Waals surface area contributed by atoms with Crippen molar-refractivity contribution in [2.45, 2.75) is 31.6 Å². The molecule has 108 valence electrons. The van der Waals surface area contributed by atoms with Crippen molar-refractivity contribution in [1.82, 2.24) is 4.90 Å². The number of aliphatic carboxylic acids is 1. The molecule has 20 heavy (non-hydrogen) atoms. The van der Waals surface area contributed by atoms with Crippen LogP contribution in [0.2, 0.25) is 0 Å². The van der Waals surface area contributed by atoms with E-state index in [2.05, 4.69) is 11.5 Å². The maximum atomic E-state index is 11.8. The summed E-state index contributed by atoms with van der Waals surface area (Å²) < 4.78 is 0. The molecule has 1 fully saturated rings. The van der Waals surface area contributed by atoms with Gasteiger partial charge in [0.2, 0.25) is 0 Å². The number of nitrogens with zero attached hydrogens (tertiary/aromatic N) is 1. The van der Waals surface area contributed by atoms with Crippen LogP contribution in [-0.2, 0) is 10.2 Å². The Bertz CT molecular complexity index is 473. The lowest BCUT2D eigenvalue weighted by molar-refractivity contribution is -0.146. The summed E-state index contributed by atoms with van der Waals surface area (Å²) in [5, 5.41) is 9.71. The van der Waals surface area contributed by atoms with Gasteiger partial charge in [0.25, 0.3) is 0 Å². The first-order valence-electron chi connectivity index (χ1n) is 7.20. The normalized spacial score (nSPS) is 18.6. The highest BCUT2D eigenvalue weighted by molar-refractivity contribution is 5.81. The van der Waals surface area contributed by atoms with E-state index in [9.17, 15) is 9.90 Å². The molecule has 1 aliphatic rings. The van der Waals surface area contributed by atoms with E-state index in [1.165, 1.54) is 5.57 Å². The summed E-state index contributed by atoms with van der Waals surface area (Å²) in [6.07, 6.45) is 2.36. The molecule has 2 rings (SSSR count). The van der Waals surface area contributed by atoms with Gasteiger partial charge in [0, 0.05) is 6.54 Å². The van der Waals surface area contributed by atoms with Gasteiger partial charge in [-0.15, -0.1) is 6.58 Å².